The van der Waals surface area contributed by atoms with Crippen molar-refractivity contribution in [2.75, 3.05) is 26.2 Å². The number of thiazole rings is 1. The van der Waals surface area contributed by atoms with Crippen LogP contribution in [0.25, 0.3) is 10.2 Å². The summed E-state index contributed by atoms with van der Waals surface area (Å²) >= 11 is 1.55. The summed E-state index contributed by atoms with van der Waals surface area (Å²) in [5, 5.41) is 1.01. The van der Waals surface area contributed by atoms with Gasteiger partial charge in [0, 0.05) is 19.6 Å². The second-order valence-electron chi connectivity index (χ2n) is 4.68. The quantitative estimate of drug-likeness (QED) is 0.941. The molecule has 0 aliphatic carbocycles. The molecule has 2 aromatic rings. The number of fused-ring (bicyclic) bond motifs is 1. The predicted molar refractivity (Wildman–Crippen MR) is 80.9 cm³/mol. The van der Waals surface area contributed by atoms with Crippen LogP contribution in [0.3, 0.4) is 0 Å². The highest BCUT2D eigenvalue weighted by Gasteiger charge is 2.20. The maximum absolute atomic E-state index is 13.1. The van der Waals surface area contributed by atoms with Gasteiger partial charge in [-0.1, -0.05) is 0 Å². The number of morpholine rings is 1. The first kappa shape index (κ1) is 15.6. The Balaban J connectivity index is 0.00000147. The molecule has 1 aromatic heterocycles. The molecular formula is C13H17ClFN3OS. The molecular weight excluding hydrogens is 301 g/mol. The van der Waals surface area contributed by atoms with Crippen molar-refractivity contribution >= 4 is 34.0 Å². The molecule has 0 saturated carbocycles. The molecule has 1 aromatic carbocycles. The molecule has 110 valence electrons. The Morgan fingerprint density at radius 2 is 2.35 bits per heavy atom. The minimum absolute atomic E-state index is 0. The van der Waals surface area contributed by atoms with Crippen molar-refractivity contribution in [1.29, 1.82) is 0 Å². The summed E-state index contributed by atoms with van der Waals surface area (Å²) in [6.45, 7) is 3.76. The Hall–Kier alpha value is -0.790. The Morgan fingerprint density at radius 3 is 3.15 bits per heavy atom. The summed E-state index contributed by atoms with van der Waals surface area (Å²) in [5.41, 5.74) is 6.50. The van der Waals surface area contributed by atoms with E-state index in [9.17, 15) is 4.39 Å². The first-order chi connectivity index (χ1) is 9.24. The second-order valence-corrected chi connectivity index (χ2v) is 5.80. The Labute approximate surface area is 127 Å². The van der Waals surface area contributed by atoms with Gasteiger partial charge in [0.05, 0.1) is 29.5 Å². The molecule has 2 N–H and O–H groups in total. The van der Waals surface area contributed by atoms with Crippen LogP contribution in [-0.2, 0) is 11.3 Å². The van der Waals surface area contributed by atoms with Crippen LogP contribution in [-0.4, -0.2) is 42.2 Å². The lowest BCUT2D eigenvalue weighted by Gasteiger charge is -2.31. The molecule has 0 spiro atoms. The Bertz CT molecular complexity index is 580. The number of halogens is 2. The third kappa shape index (κ3) is 3.45. The van der Waals surface area contributed by atoms with Gasteiger partial charge in [-0.25, -0.2) is 9.37 Å². The van der Waals surface area contributed by atoms with Crippen LogP contribution in [0.1, 0.15) is 5.01 Å². The van der Waals surface area contributed by atoms with E-state index in [2.05, 4.69) is 9.88 Å². The van der Waals surface area contributed by atoms with E-state index in [4.69, 9.17) is 10.5 Å². The van der Waals surface area contributed by atoms with E-state index in [1.54, 1.807) is 23.5 Å². The molecule has 3 rings (SSSR count). The normalized spacial score (nSPS) is 20.0. The van der Waals surface area contributed by atoms with Gasteiger partial charge in [-0.15, -0.1) is 23.7 Å². The summed E-state index contributed by atoms with van der Waals surface area (Å²) in [5.74, 6) is -0.211. The molecule has 1 unspecified atom stereocenters. The van der Waals surface area contributed by atoms with Gasteiger partial charge in [-0.3, -0.25) is 4.90 Å². The van der Waals surface area contributed by atoms with Gasteiger partial charge in [0.1, 0.15) is 10.8 Å². The zero-order valence-corrected chi connectivity index (χ0v) is 12.6. The van der Waals surface area contributed by atoms with Crippen molar-refractivity contribution in [3.63, 3.8) is 0 Å². The third-order valence-corrected chi connectivity index (χ3v) is 4.24. The van der Waals surface area contributed by atoms with Crippen molar-refractivity contribution in [3.05, 3.63) is 29.0 Å². The van der Waals surface area contributed by atoms with Crippen molar-refractivity contribution < 1.29 is 9.13 Å². The van der Waals surface area contributed by atoms with Crippen molar-refractivity contribution in [2.24, 2.45) is 5.73 Å². The van der Waals surface area contributed by atoms with Crippen LogP contribution < -0.4 is 5.73 Å². The van der Waals surface area contributed by atoms with Gasteiger partial charge in [-0.05, 0) is 18.2 Å². The van der Waals surface area contributed by atoms with E-state index in [0.29, 0.717) is 13.2 Å². The molecule has 1 saturated heterocycles. The number of benzene rings is 1. The summed E-state index contributed by atoms with van der Waals surface area (Å²) in [6, 6.07) is 4.72. The highest BCUT2D eigenvalue weighted by Crippen LogP contribution is 2.24. The van der Waals surface area contributed by atoms with Gasteiger partial charge >= 0.3 is 0 Å². The lowest BCUT2D eigenvalue weighted by Crippen LogP contribution is -2.45. The van der Waals surface area contributed by atoms with Crippen molar-refractivity contribution in [1.82, 2.24) is 9.88 Å². The maximum Gasteiger partial charge on any atom is 0.124 e. The molecule has 1 aliphatic heterocycles. The predicted octanol–water partition coefficient (Wildman–Crippen LogP) is 2.02. The number of nitrogens with zero attached hydrogens (tertiary/aromatic N) is 2. The van der Waals surface area contributed by atoms with Crippen molar-refractivity contribution in [3.8, 4) is 0 Å². The molecule has 1 fully saturated rings. The zero-order valence-electron chi connectivity index (χ0n) is 10.9. The van der Waals surface area contributed by atoms with Gasteiger partial charge < -0.3 is 10.5 Å². The van der Waals surface area contributed by atoms with Crippen LogP contribution in [0.4, 0.5) is 4.39 Å². The molecule has 7 heteroatoms. The fraction of sp³-hybridized carbons (Fsp3) is 0.462. The van der Waals surface area contributed by atoms with Crippen LogP contribution in [0, 0.1) is 5.82 Å². The van der Waals surface area contributed by atoms with Crippen LogP contribution in [0.15, 0.2) is 18.2 Å². The highest BCUT2D eigenvalue weighted by molar-refractivity contribution is 7.18. The fourth-order valence-electron chi connectivity index (χ4n) is 2.27. The summed E-state index contributed by atoms with van der Waals surface area (Å²) in [7, 11) is 0. The number of ether oxygens (including phenoxy) is 1. The van der Waals surface area contributed by atoms with Crippen LogP contribution >= 0.6 is 23.7 Å². The van der Waals surface area contributed by atoms with E-state index in [0.717, 1.165) is 34.9 Å². The molecule has 0 amide bonds. The fourth-order valence-corrected chi connectivity index (χ4v) is 3.31. The first-order valence-corrected chi connectivity index (χ1v) is 7.15. The zero-order chi connectivity index (χ0) is 13.2. The van der Waals surface area contributed by atoms with Gasteiger partial charge in [0.15, 0.2) is 0 Å². The maximum atomic E-state index is 13.1. The van der Waals surface area contributed by atoms with Crippen LogP contribution in [0.2, 0.25) is 0 Å². The number of nitrogens with two attached hydrogens (primary N) is 1. The Morgan fingerprint density at radius 1 is 1.50 bits per heavy atom. The highest BCUT2D eigenvalue weighted by atomic mass is 35.5. The lowest BCUT2D eigenvalue weighted by molar-refractivity contribution is -0.0260. The SMILES string of the molecule is Cl.NCC1CN(Cc2nc3ccc(F)cc3s2)CCO1. The molecule has 4 nitrogen and oxygen atoms in total. The lowest BCUT2D eigenvalue weighted by atomic mass is 10.3. The Kier molecular flexibility index (Phi) is 5.29. The largest absolute Gasteiger partial charge is 0.374 e. The van der Waals surface area contributed by atoms with E-state index in [1.807, 2.05) is 0 Å². The van der Waals surface area contributed by atoms with E-state index in [-0.39, 0.29) is 24.3 Å². The van der Waals surface area contributed by atoms with E-state index in [1.165, 1.54) is 6.07 Å². The average Bonchev–Trinajstić information content (AvgIpc) is 2.80. The third-order valence-electron chi connectivity index (χ3n) is 3.24. The van der Waals surface area contributed by atoms with E-state index >= 15 is 0 Å². The van der Waals surface area contributed by atoms with Crippen LogP contribution in [0.5, 0.6) is 0 Å². The minimum atomic E-state index is -0.211. The monoisotopic (exact) mass is 317 g/mol. The van der Waals surface area contributed by atoms with Crippen molar-refractivity contribution in [2.45, 2.75) is 12.6 Å². The molecule has 20 heavy (non-hydrogen) atoms. The molecule has 0 bridgehead atoms. The van der Waals surface area contributed by atoms with Gasteiger partial charge in [0.25, 0.3) is 0 Å². The second kappa shape index (κ2) is 6.78. The number of hydrogen-bond acceptors (Lipinski definition) is 5. The minimum Gasteiger partial charge on any atom is -0.374 e. The molecule has 2 heterocycles. The molecule has 1 aliphatic rings. The number of hydrogen-bond donors (Lipinski definition) is 1. The first-order valence-electron chi connectivity index (χ1n) is 6.33. The summed E-state index contributed by atoms with van der Waals surface area (Å²) in [4.78, 5) is 6.82. The van der Waals surface area contributed by atoms with E-state index < -0.39 is 0 Å². The topological polar surface area (TPSA) is 51.4 Å². The molecule has 1 atom stereocenters. The smallest absolute Gasteiger partial charge is 0.124 e. The van der Waals surface area contributed by atoms with Gasteiger partial charge in [0.2, 0.25) is 0 Å². The number of rotatable bonds is 3. The summed E-state index contributed by atoms with van der Waals surface area (Å²) in [6.07, 6.45) is 0.112. The molecule has 0 radical (unpaired) electrons. The summed E-state index contributed by atoms with van der Waals surface area (Å²) < 4.78 is 19.6. The van der Waals surface area contributed by atoms with Gasteiger partial charge in [-0.2, -0.15) is 0 Å². The average molecular weight is 318 g/mol. The number of aromatic nitrogens is 1. The standard InChI is InChI=1S/C13H16FN3OS.ClH/c14-9-1-2-11-12(5-9)19-13(16-11)8-17-3-4-18-10(6-15)7-17;/h1-2,5,10H,3-4,6-8,15H2;1H.